The second kappa shape index (κ2) is 5.11. The van der Waals surface area contributed by atoms with Gasteiger partial charge in [-0.05, 0) is 17.7 Å². The molecule has 0 aliphatic rings. The minimum absolute atomic E-state index is 0.105. The van der Waals surface area contributed by atoms with Crippen molar-refractivity contribution in [3.63, 3.8) is 0 Å². The molecule has 0 heterocycles. The maximum Gasteiger partial charge on any atom is 0.234 e. The normalized spacial score (nSPS) is 11.8. The maximum absolute atomic E-state index is 11.0. The molecule has 1 rings (SSSR count). The van der Waals surface area contributed by atoms with Gasteiger partial charge in [-0.15, -0.1) is 0 Å². The number of nitrogens with one attached hydrogen (secondary N) is 1. The van der Waals surface area contributed by atoms with Crippen LogP contribution in [0.2, 0.25) is 0 Å². The third-order valence-electron chi connectivity index (χ3n) is 1.89. The van der Waals surface area contributed by atoms with E-state index in [9.17, 15) is 9.59 Å². The monoisotopic (exact) mass is 208 g/mol. The number of hydrogen-bond acceptors (Lipinski definition) is 4. The van der Waals surface area contributed by atoms with Crippen LogP contribution in [0.5, 0.6) is 5.75 Å². The molecule has 4 N–H and O–H groups in total. The van der Waals surface area contributed by atoms with Gasteiger partial charge in [0.2, 0.25) is 5.91 Å². The number of carbonyl (C=O) groups is 2. The minimum atomic E-state index is -0.721. The van der Waals surface area contributed by atoms with Gasteiger partial charge in [0, 0.05) is 0 Å². The molecule has 5 nitrogen and oxygen atoms in total. The van der Waals surface area contributed by atoms with Crippen LogP contribution in [-0.2, 0) is 9.59 Å². The number of aldehydes is 1. The van der Waals surface area contributed by atoms with Gasteiger partial charge in [-0.2, -0.15) is 0 Å². The summed E-state index contributed by atoms with van der Waals surface area (Å²) in [7, 11) is 0. The van der Waals surface area contributed by atoms with Gasteiger partial charge in [-0.3, -0.25) is 4.79 Å². The topological polar surface area (TPSA) is 92.4 Å². The molecule has 1 amide bonds. The van der Waals surface area contributed by atoms with E-state index in [-0.39, 0.29) is 12.3 Å². The van der Waals surface area contributed by atoms with E-state index < -0.39 is 11.9 Å². The van der Waals surface area contributed by atoms with Gasteiger partial charge >= 0.3 is 0 Å². The van der Waals surface area contributed by atoms with E-state index in [0.29, 0.717) is 11.8 Å². The molecule has 1 aromatic carbocycles. The first-order chi connectivity index (χ1) is 7.17. The molecule has 0 radical (unpaired) electrons. The van der Waals surface area contributed by atoms with Gasteiger partial charge in [-0.1, -0.05) is 12.1 Å². The molecule has 15 heavy (non-hydrogen) atoms. The average molecular weight is 208 g/mol. The Morgan fingerprint density at radius 1 is 1.47 bits per heavy atom. The first-order valence-electron chi connectivity index (χ1n) is 4.41. The average Bonchev–Trinajstić information content (AvgIpc) is 2.27. The van der Waals surface area contributed by atoms with Crippen molar-refractivity contribution in [3.05, 3.63) is 29.8 Å². The van der Waals surface area contributed by atoms with Crippen molar-refractivity contribution in [3.8, 4) is 5.75 Å². The summed E-state index contributed by atoms with van der Waals surface area (Å²) in [5.41, 5.74) is 5.71. The highest BCUT2D eigenvalue weighted by Crippen LogP contribution is 2.15. The molecular formula is C10H12N2O3. The summed E-state index contributed by atoms with van der Waals surface area (Å²) in [5.74, 6) is -0.297. The summed E-state index contributed by atoms with van der Waals surface area (Å²) in [4.78, 5) is 21.7. The minimum Gasteiger partial charge on any atom is -0.508 e. The van der Waals surface area contributed by atoms with Crippen molar-refractivity contribution in [2.45, 2.75) is 6.04 Å². The van der Waals surface area contributed by atoms with Crippen LogP contribution in [0.4, 0.5) is 0 Å². The fraction of sp³-hybridized carbons (Fsp3) is 0.200. The zero-order valence-electron chi connectivity index (χ0n) is 8.01. The number of carbonyl (C=O) groups excluding carboxylic acids is 2. The second-order valence-corrected chi connectivity index (χ2v) is 2.98. The number of aromatic hydroxyl groups is 1. The Labute approximate surface area is 86.9 Å². The molecule has 80 valence electrons. The van der Waals surface area contributed by atoms with E-state index in [0.717, 1.165) is 0 Å². The molecule has 0 aromatic heterocycles. The lowest BCUT2D eigenvalue weighted by atomic mass is 10.1. The predicted octanol–water partition coefficient (Wildman–Crippen LogP) is -0.293. The van der Waals surface area contributed by atoms with E-state index in [1.165, 1.54) is 12.1 Å². The summed E-state index contributed by atoms with van der Waals surface area (Å²) in [6.07, 6.45) is 0.611. The van der Waals surface area contributed by atoms with Gasteiger partial charge in [0.15, 0.2) is 0 Å². The molecule has 0 saturated heterocycles. The molecule has 5 heteroatoms. The number of benzene rings is 1. The van der Waals surface area contributed by atoms with Gasteiger partial charge in [-0.25, -0.2) is 0 Å². The molecule has 0 aliphatic heterocycles. The van der Waals surface area contributed by atoms with Crippen LogP contribution < -0.4 is 11.1 Å². The Bertz CT molecular complexity index is 348. The lowest BCUT2D eigenvalue weighted by Crippen LogP contribution is -2.34. The van der Waals surface area contributed by atoms with Crippen LogP contribution in [0.25, 0.3) is 0 Å². The zero-order chi connectivity index (χ0) is 11.3. The molecule has 1 atom stereocenters. The highest BCUT2D eigenvalue weighted by molar-refractivity contribution is 5.81. The van der Waals surface area contributed by atoms with Crippen LogP contribution in [0.1, 0.15) is 11.6 Å². The zero-order valence-corrected chi connectivity index (χ0v) is 8.01. The van der Waals surface area contributed by atoms with Crippen LogP contribution in [0, 0.1) is 0 Å². The number of rotatable bonds is 4. The standard InChI is InChI=1S/C10H12N2O3/c11-5-10(15)12-9(6-13)7-1-3-8(14)4-2-7/h1-4,6,9,14H,5,11H2,(H,12,15). The van der Waals surface area contributed by atoms with E-state index >= 15 is 0 Å². The first-order valence-corrected chi connectivity index (χ1v) is 4.41. The second-order valence-electron chi connectivity index (χ2n) is 2.98. The largest absolute Gasteiger partial charge is 0.508 e. The number of hydrogen-bond donors (Lipinski definition) is 3. The third-order valence-corrected chi connectivity index (χ3v) is 1.89. The van der Waals surface area contributed by atoms with Gasteiger partial charge < -0.3 is 21.0 Å². The highest BCUT2D eigenvalue weighted by atomic mass is 16.3. The highest BCUT2D eigenvalue weighted by Gasteiger charge is 2.12. The molecule has 0 aliphatic carbocycles. The van der Waals surface area contributed by atoms with Crippen LogP contribution in [-0.4, -0.2) is 23.8 Å². The quantitative estimate of drug-likeness (QED) is 0.593. The van der Waals surface area contributed by atoms with Crippen molar-refractivity contribution in [2.24, 2.45) is 5.73 Å². The van der Waals surface area contributed by atoms with Gasteiger partial charge in [0.25, 0.3) is 0 Å². The van der Waals surface area contributed by atoms with Crippen molar-refractivity contribution in [1.82, 2.24) is 5.32 Å². The molecule has 0 fully saturated rings. The lowest BCUT2D eigenvalue weighted by Gasteiger charge is -2.12. The smallest absolute Gasteiger partial charge is 0.234 e. The number of amides is 1. The van der Waals surface area contributed by atoms with Crippen LogP contribution in [0.3, 0.4) is 0 Å². The Morgan fingerprint density at radius 3 is 2.53 bits per heavy atom. The van der Waals surface area contributed by atoms with Crippen molar-refractivity contribution in [2.75, 3.05) is 6.54 Å². The molecule has 0 bridgehead atoms. The maximum atomic E-state index is 11.0. The van der Waals surface area contributed by atoms with Crippen molar-refractivity contribution >= 4 is 12.2 Å². The number of phenolic OH excluding ortho intramolecular Hbond substituents is 1. The summed E-state index contributed by atoms with van der Waals surface area (Å²) >= 11 is 0. The van der Waals surface area contributed by atoms with Gasteiger partial charge in [0.05, 0.1) is 6.54 Å². The predicted molar refractivity (Wildman–Crippen MR) is 54.1 cm³/mol. The van der Waals surface area contributed by atoms with Crippen molar-refractivity contribution in [1.29, 1.82) is 0 Å². The molecule has 1 unspecified atom stereocenters. The Balaban J connectivity index is 2.78. The Hall–Kier alpha value is -1.88. The fourth-order valence-electron chi connectivity index (χ4n) is 1.11. The van der Waals surface area contributed by atoms with Gasteiger partial charge in [0.1, 0.15) is 18.1 Å². The Kier molecular flexibility index (Phi) is 3.82. The summed E-state index contributed by atoms with van der Waals surface area (Å²) < 4.78 is 0. The molecule has 1 aromatic rings. The SMILES string of the molecule is NCC(=O)NC(C=O)c1ccc(O)cc1. The summed E-state index contributed by atoms with van der Waals surface area (Å²) in [6, 6.07) is 5.29. The summed E-state index contributed by atoms with van der Waals surface area (Å²) in [6.45, 7) is -0.164. The number of nitrogens with two attached hydrogens (primary N) is 1. The third kappa shape index (κ3) is 3.07. The van der Waals surface area contributed by atoms with E-state index in [1.807, 2.05) is 0 Å². The number of phenols is 1. The van der Waals surface area contributed by atoms with Crippen molar-refractivity contribution < 1.29 is 14.7 Å². The molecule has 0 saturated carbocycles. The lowest BCUT2D eigenvalue weighted by molar-refractivity contribution is -0.122. The van der Waals surface area contributed by atoms with Crippen LogP contribution in [0.15, 0.2) is 24.3 Å². The summed E-state index contributed by atoms with van der Waals surface area (Å²) in [5, 5.41) is 11.5. The van der Waals surface area contributed by atoms with E-state index in [4.69, 9.17) is 10.8 Å². The fourth-order valence-corrected chi connectivity index (χ4v) is 1.11. The molecular weight excluding hydrogens is 196 g/mol. The van der Waals surface area contributed by atoms with E-state index in [1.54, 1.807) is 12.1 Å². The molecule has 0 spiro atoms. The Morgan fingerprint density at radius 2 is 2.07 bits per heavy atom. The first kappa shape index (κ1) is 11.2. The van der Waals surface area contributed by atoms with Crippen LogP contribution >= 0.6 is 0 Å². The van der Waals surface area contributed by atoms with E-state index in [2.05, 4.69) is 5.32 Å².